The first kappa shape index (κ1) is 16.7. The van der Waals surface area contributed by atoms with Crippen LogP contribution in [0.4, 0.5) is 4.79 Å². The van der Waals surface area contributed by atoms with E-state index >= 15 is 0 Å². The maximum Gasteiger partial charge on any atom is 0.414 e. The minimum atomic E-state index is -1.15. The third-order valence-electron chi connectivity index (χ3n) is 5.38. The van der Waals surface area contributed by atoms with Crippen molar-refractivity contribution in [3.8, 4) is 0 Å². The van der Waals surface area contributed by atoms with E-state index in [4.69, 9.17) is 9.47 Å². The topological polar surface area (TPSA) is 76.1 Å². The Bertz CT molecular complexity index is 429. The zero-order chi connectivity index (χ0) is 16.2. The summed E-state index contributed by atoms with van der Waals surface area (Å²) < 4.78 is 11.6. The highest BCUT2D eigenvalue weighted by Crippen LogP contribution is 2.35. The molecule has 1 saturated carbocycles. The third kappa shape index (κ3) is 4.04. The first-order valence-electron chi connectivity index (χ1n) is 8.97. The Morgan fingerprint density at radius 1 is 1.17 bits per heavy atom. The number of carbonyl (C=O) groups excluding carboxylic acids is 1. The molecule has 1 N–H and O–H groups in total. The van der Waals surface area contributed by atoms with Gasteiger partial charge in [-0.2, -0.15) is 0 Å². The highest BCUT2D eigenvalue weighted by atomic mass is 16.7. The van der Waals surface area contributed by atoms with Crippen molar-refractivity contribution >= 4 is 12.0 Å². The second kappa shape index (κ2) is 7.62. The molecular weight excluding hydrogens is 298 g/mol. The second-order valence-corrected chi connectivity index (χ2v) is 7.03. The van der Waals surface area contributed by atoms with Crippen LogP contribution in [0.3, 0.4) is 0 Å². The van der Waals surface area contributed by atoms with E-state index < -0.39 is 6.09 Å². The quantitative estimate of drug-likeness (QED) is 0.859. The van der Waals surface area contributed by atoms with Gasteiger partial charge in [0.1, 0.15) is 0 Å². The fourth-order valence-corrected chi connectivity index (χ4v) is 4.18. The van der Waals surface area contributed by atoms with Crippen molar-refractivity contribution in [1.82, 2.24) is 4.90 Å². The fraction of sp³-hybridized carbons (Fsp3) is 0.882. The van der Waals surface area contributed by atoms with E-state index in [-0.39, 0.29) is 30.8 Å². The van der Waals surface area contributed by atoms with Gasteiger partial charge in [-0.25, -0.2) is 9.69 Å². The largest absolute Gasteiger partial charge is 0.465 e. The van der Waals surface area contributed by atoms with Gasteiger partial charge in [0.25, 0.3) is 0 Å². The van der Waals surface area contributed by atoms with Crippen molar-refractivity contribution in [3.63, 3.8) is 0 Å². The molecule has 2 saturated heterocycles. The highest BCUT2D eigenvalue weighted by Gasteiger charge is 2.46. The molecular formula is C17H27NO5. The van der Waals surface area contributed by atoms with Crippen LogP contribution >= 0.6 is 0 Å². The van der Waals surface area contributed by atoms with E-state index in [1.807, 2.05) is 0 Å². The van der Waals surface area contributed by atoms with Crippen LogP contribution in [0, 0.1) is 5.92 Å². The molecule has 3 rings (SSSR count). The maximum atomic E-state index is 12.1. The lowest BCUT2D eigenvalue weighted by Crippen LogP contribution is -2.44. The van der Waals surface area contributed by atoms with E-state index in [9.17, 15) is 14.7 Å². The molecule has 0 aromatic rings. The zero-order valence-electron chi connectivity index (χ0n) is 13.6. The van der Waals surface area contributed by atoms with Crippen LogP contribution < -0.4 is 0 Å². The van der Waals surface area contributed by atoms with Gasteiger partial charge in [0.2, 0.25) is 5.91 Å². The Morgan fingerprint density at radius 2 is 1.91 bits per heavy atom. The first-order valence-corrected chi connectivity index (χ1v) is 8.97. The number of ether oxygens (including phenoxy) is 2. The summed E-state index contributed by atoms with van der Waals surface area (Å²) in [5.41, 5.74) is 0. The maximum absolute atomic E-state index is 12.1. The second-order valence-electron chi connectivity index (χ2n) is 7.03. The molecule has 2 heterocycles. The minimum absolute atomic E-state index is 0.156. The average molecular weight is 325 g/mol. The number of nitrogens with zero attached hydrogens (tertiary/aromatic N) is 1. The van der Waals surface area contributed by atoms with Crippen molar-refractivity contribution in [2.75, 3.05) is 6.61 Å². The standard InChI is InChI=1S/C17H27NO5/c19-15-11-14(23-16-8-4-5-9-22-16)13(18(15)17(20)21)10-12-6-2-1-3-7-12/h12-14,16H,1-11H2,(H,20,21). The van der Waals surface area contributed by atoms with E-state index in [1.54, 1.807) is 0 Å². The highest BCUT2D eigenvalue weighted by molar-refractivity contribution is 5.93. The molecule has 0 radical (unpaired) electrons. The van der Waals surface area contributed by atoms with Gasteiger partial charge >= 0.3 is 6.09 Å². The van der Waals surface area contributed by atoms with Gasteiger partial charge in [0.15, 0.2) is 6.29 Å². The van der Waals surface area contributed by atoms with Gasteiger partial charge < -0.3 is 14.6 Å². The molecule has 2 aliphatic heterocycles. The number of carbonyl (C=O) groups is 2. The number of rotatable bonds is 4. The fourth-order valence-electron chi connectivity index (χ4n) is 4.18. The molecule has 0 spiro atoms. The van der Waals surface area contributed by atoms with Crippen LogP contribution in [0.5, 0.6) is 0 Å². The number of imide groups is 1. The van der Waals surface area contributed by atoms with Gasteiger partial charge in [-0.1, -0.05) is 32.1 Å². The van der Waals surface area contributed by atoms with Crippen molar-refractivity contribution < 1.29 is 24.2 Å². The molecule has 3 aliphatic rings. The summed E-state index contributed by atoms with van der Waals surface area (Å²) in [6.45, 7) is 0.682. The molecule has 3 fully saturated rings. The van der Waals surface area contributed by atoms with Crippen LogP contribution in [0.2, 0.25) is 0 Å². The number of hydrogen-bond donors (Lipinski definition) is 1. The Balaban J connectivity index is 1.67. The molecule has 130 valence electrons. The number of amides is 2. The Kier molecular flexibility index (Phi) is 5.54. The van der Waals surface area contributed by atoms with Crippen LogP contribution in [0.25, 0.3) is 0 Å². The van der Waals surface area contributed by atoms with Crippen LogP contribution in [0.1, 0.15) is 64.2 Å². The van der Waals surface area contributed by atoms with E-state index in [1.165, 1.54) is 19.3 Å². The van der Waals surface area contributed by atoms with Gasteiger partial charge in [-0.05, 0) is 31.6 Å². The summed E-state index contributed by atoms with van der Waals surface area (Å²) in [6, 6.07) is -0.353. The van der Waals surface area contributed by atoms with Crippen LogP contribution in [-0.4, -0.2) is 47.0 Å². The van der Waals surface area contributed by atoms with Gasteiger partial charge in [-0.15, -0.1) is 0 Å². The SMILES string of the molecule is O=C(O)N1C(=O)CC(OC2CCCCO2)C1CC1CCCCC1. The summed E-state index contributed by atoms with van der Waals surface area (Å²) >= 11 is 0. The molecule has 0 aromatic heterocycles. The number of likely N-dealkylation sites (tertiary alicyclic amines) is 1. The molecule has 6 nitrogen and oxygen atoms in total. The van der Waals surface area contributed by atoms with Gasteiger partial charge in [0, 0.05) is 6.61 Å². The lowest BCUT2D eigenvalue weighted by molar-refractivity contribution is -0.192. The molecule has 1 aliphatic carbocycles. The van der Waals surface area contributed by atoms with E-state index in [0.717, 1.165) is 43.4 Å². The molecule has 6 heteroatoms. The van der Waals surface area contributed by atoms with Crippen LogP contribution in [0.15, 0.2) is 0 Å². The lowest BCUT2D eigenvalue weighted by atomic mass is 9.84. The number of carboxylic acid groups (broad SMARTS) is 1. The molecule has 2 amide bonds. The first-order chi connectivity index (χ1) is 11.1. The Hall–Kier alpha value is -1.14. The van der Waals surface area contributed by atoms with Crippen molar-refractivity contribution in [2.45, 2.75) is 82.6 Å². The predicted molar refractivity (Wildman–Crippen MR) is 82.9 cm³/mol. The Labute approximate surface area is 137 Å². The molecule has 0 bridgehead atoms. The Morgan fingerprint density at radius 3 is 2.57 bits per heavy atom. The van der Waals surface area contributed by atoms with Gasteiger partial charge in [0.05, 0.1) is 18.6 Å². The summed E-state index contributed by atoms with van der Waals surface area (Å²) in [7, 11) is 0. The van der Waals surface area contributed by atoms with Crippen molar-refractivity contribution in [1.29, 1.82) is 0 Å². The third-order valence-corrected chi connectivity index (χ3v) is 5.38. The van der Waals surface area contributed by atoms with Crippen molar-refractivity contribution in [3.05, 3.63) is 0 Å². The summed E-state index contributed by atoms with van der Waals surface area (Å²) in [6.07, 6.45) is 7.95. The monoisotopic (exact) mass is 325 g/mol. The lowest BCUT2D eigenvalue weighted by Gasteiger charge is -2.32. The predicted octanol–water partition coefficient (Wildman–Crippen LogP) is 3.15. The number of hydrogen-bond acceptors (Lipinski definition) is 4. The van der Waals surface area contributed by atoms with Gasteiger partial charge in [-0.3, -0.25) is 4.79 Å². The average Bonchev–Trinajstić information content (AvgIpc) is 2.85. The molecule has 3 atom stereocenters. The van der Waals surface area contributed by atoms with Crippen molar-refractivity contribution in [2.24, 2.45) is 5.92 Å². The smallest absolute Gasteiger partial charge is 0.414 e. The zero-order valence-corrected chi connectivity index (χ0v) is 13.6. The minimum Gasteiger partial charge on any atom is -0.465 e. The van der Waals surface area contributed by atoms with E-state index in [2.05, 4.69) is 0 Å². The van der Waals surface area contributed by atoms with E-state index in [0.29, 0.717) is 12.5 Å². The summed E-state index contributed by atoms with van der Waals surface area (Å²) in [5.74, 6) is 0.166. The molecule has 3 unspecified atom stereocenters. The summed E-state index contributed by atoms with van der Waals surface area (Å²) in [4.78, 5) is 24.7. The molecule has 23 heavy (non-hydrogen) atoms. The molecule has 0 aromatic carbocycles. The normalized spacial score (nSPS) is 33.1. The van der Waals surface area contributed by atoms with Crippen LogP contribution in [-0.2, 0) is 14.3 Å². The summed E-state index contributed by atoms with van der Waals surface area (Å²) in [5, 5.41) is 9.43.